The van der Waals surface area contributed by atoms with Gasteiger partial charge in [-0.2, -0.15) is 0 Å². The van der Waals surface area contributed by atoms with E-state index in [4.69, 9.17) is 16.3 Å². The molecule has 144 valence electrons. The molecule has 1 aromatic rings. The number of aliphatic hydroxyl groups excluding tert-OH is 1. The number of aliphatic hydroxyl groups is 1. The van der Waals surface area contributed by atoms with Crippen molar-refractivity contribution in [3.63, 3.8) is 0 Å². The Kier molecular flexibility index (Phi) is 6.52. The van der Waals surface area contributed by atoms with Gasteiger partial charge in [0.15, 0.2) is 5.82 Å². The lowest BCUT2D eigenvalue weighted by molar-refractivity contribution is -0.00255. The van der Waals surface area contributed by atoms with Crippen LogP contribution in [-0.2, 0) is 4.74 Å². The van der Waals surface area contributed by atoms with Crippen LogP contribution in [0.5, 0.6) is 0 Å². The minimum absolute atomic E-state index is 0.100. The third-order valence-electron chi connectivity index (χ3n) is 3.87. The lowest BCUT2D eigenvalue weighted by Crippen LogP contribution is -2.58. The zero-order chi connectivity index (χ0) is 19.6. The first-order valence-corrected chi connectivity index (χ1v) is 9.25. The maximum absolute atomic E-state index is 14.3. The van der Waals surface area contributed by atoms with E-state index >= 15 is 0 Å². The number of carbonyl (C=O) groups excluding carboxylic acids is 2. The average Bonchev–Trinajstić information content (AvgIpc) is 2.57. The topological polar surface area (TPSA) is 70.1 Å². The van der Waals surface area contributed by atoms with E-state index < -0.39 is 29.5 Å². The molecule has 1 atom stereocenters. The summed E-state index contributed by atoms with van der Waals surface area (Å²) in [6, 6.07) is 2.16. The van der Waals surface area contributed by atoms with Crippen molar-refractivity contribution in [2.45, 2.75) is 32.4 Å². The molecule has 1 aromatic carbocycles. The normalized spacial score (nSPS) is 18.0. The summed E-state index contributed by atoms with van der Waals surface area (Å²) < 4.78 is 20.0. The minimum atomic E-state index is -0.822. The monoisotopic (exact) mass is 450 g/mol. The predicted octanol–water partition coefficient (Wildman–Crippen LogP) is 3.30. The number of nitrogens with zero attached hydrogens (tertiary/aromatic N) is 2. The number of halogens is 3. The molecule has 1 aliphatic heterocycles. The van der Waals surface area contributed by atoms with E-state index in [1.807, 2.05) is 0 Å². The van der Waals surface area contributed by atoms with Gasteiger partial charge in [0.2, 0.25) is 0 Å². The maximum atomic E-state index is 14.3. The van der Waals surface area contributed by atoms with Gasteiger partial charge in [0, 0.05) is 24.1 Å². The molecule has 2 amide bonds. The fourth-order valence-electron chi connectivity index (χ4n) is 2.62. The zero-order valence-corrected chi connectivity index (χ0v) is 17.1. The fourth-order valence-corrected chi connectivity index (χ4v) is 3.09. The van der Waals surface area contributed by atoms with Crippen molar-refractivity contribution in [2.24, 2.45) is 0 Å². The number of hydrogen-bond donors (Lipinski definition) is 1. The molecule has 1 aliphatic rings. The van der Waals surface area contributed by atoms with Gasteiger partial charge in [0.1, 0.15) is 5.60 Å². The first kappa shape index (κ1) is 20.9. The Hall–Kier alpha value is -1.38. The molecule has 1 heterocycles. The number of amides is 2. The second-order valence-electron chi connectivity index (χ2n) is 6.98. The fraction of sp³-hybridized carbons (Fsp3) is 0.529. The molecule has 0 saturated carbocycles. The standard InChI is InChI=1S/C17H21BrClFN2O4/c1-17(2,3)26-16(25)21-6-7-22(10(8-21)9-23)15(24)11-4-5-12(18)13(19)14(11)20/h4-5,10,23H,6-9H2,1-3H3/t10-/m0/s1. The number of hydrogen-bond acceptors (Lipinski definition) is 4. The van der Waals surface area contributed by atoms with Crippen LogP contribution in [0.4, 0.5) is 9.18 Å². The highest BCUT2D eigenvalue weighted by Gasteiger charge is 2.35. The molecular formula is C17H21BrClFN2O4. The van der Waals surface area contributed by atoms with Crippen LogP contribution in [0.3, 0.4) is 0 Å². The summed E-state index contributed by atoms with van der Waals surface area (Å²) in [7, 11) is 0. The van der Waals surface area contributed by atoms with Gasteiger partial charge in [0.25, 0.3) is 5.91 Å². The number of carbonyl (C=O) groups is 2. The van der Waals surface area contributed by atoms with Crippen LogP contribution in [-0.4, -0.2) is 64.8 Å². The van der Waals surface area contributed by atoms with Crippen molar-refractivity contribution < 1.29 is 23.8 Å². The number of benzene rings is 1. The minimum Gasteiger partial charge on any atom is -0.444 e. The highest BCUT2D eigenvalue weighted by Crippen LogP contribution is 2.29. The van der Waals surface area contributed by atoms with Gasteiger partial charge < -0.3 is 19.6 Å². The van der Waals surface area contributed by atoms with Gasteiger partial charge in [-0.1, -0.05) is 11.6 Å². The molecule has 0 spiro atoms. The summed E-state index contributed by atoms with van der Waals surface area (Å²) in [6.07, 6.45) is -0.513. The van der Waals surface area contributed by atoms with Crippen LogP contribution < -0.4 is 0 Å². The van der Waals surface area contributed by atoms with E-state index in [-0.39, 0.29) is 36.8 Å². The lowest BCUT2D eigenvalue weighted by atomic mass is 10.1. The van der Waals surface area contributed by atoms with Crippen molar-refractivity contribution >= 4 is 39.5 Å². The van der Waals surface area contributed by atoms with Crippen molar-refractivity contribution in [3.05, 3.63) is 33.0 Å². The molecule has 1 fully saturated rings. The molecule has 0 aromatic heterocycles. The Labute approximate surface area is 165 Å². The molecular weight excluding hydrogens is 431 g/mol. The van der Waals surface area contributed by atoms with Gasteiger partial charge in [0.05, 0.1) is 23.2 Å². The first-order valence-electron chi connectivity index (χ1n) is 8.08. The molecule has 6 nitrogen and oxygen atoms in total. The van der Waals surface area contributed by atoms with Crippen molar-refractivity contribution in [1.29, 1.82) is 0 Å². The van der Waals surface area contributed by atoms with E-state index in [2.05, 4.69) is 15.9 Å². The Morgan fingerprint density at radius 2 is 2.04 bits per heavy atom. The highest BCUT2D eigenvalue weighted by molar-refractivity contribution is 9.10. The Morgan fingerprint density at radius 1 is 1.38 bits per heavy atom. The third kappa shape index (κ3) is 4.66. The smallest absolute Gasteiger partial charge is 0.410 e. The van der Waals surface area contributed by atoms with Crippen molar-refractivity contribution in [1.82, 2.24) is 9.80 Å². The third-order valence-corrected chi connectivity index (χ3v) is 5.13. The van der Waals surface area contributed by atoms with Crippen molar-refractivity contribution in [3.8, 4) is 0 Å². The number of rotatable bonds is 2. The summed E-state index contributed by atoms with van der Waals surface area (Å²) in [6.45, 7) is 5.39. The summed E-state index contributed by atoms with van der Waals surface area (Å²) in [5.41, 5.74) is -0.821. The lowest BCUT2D eigenvalue weighted by Gasteiger charge is -2.41. The van der Waals surface area contributed by atoms with E-state index in [1.54, 1.807) is 20.8 Å². The van der Waals surface area contributed by atoms with Crippen LogP contribution in [0.2, 0.25) is 5.02 Å². The van der Waals surface area contributed by atoms with Gasteiger partial charge >= 0.3 is 6.09 Å². The molecule has 0 unspecified atom stereocenters. The Morgan fingerprint density at radius 3 is 2.62 bits per heavy atom. The molecule has 1 saturated heterocycles. The second-order valence-corrected chi connectivity index (χ2v) is 8.22. The maximum Gasteiger partial charge on any atom is 0.410 e. The van der Waals surface area contributed by atoms with Crippen LogP contribution in [0.15, 0.2) is 16.6 Å². The summed E-state index contributed by atoms with van der Waals surface area (Å²) >= 11 is 8.95. The Bertz CT molecular complexity index is 711. The van der Waals surface area contributed by atoms with Gasteiger partial charge in [-0.25, -0.2) is 9.18 Å². The predicted molar refractivity (Wildman–Crippen MR) is 98.8 cm³/mol. The molecule has 0 aliphatic carbocycles. The molecule has 0 radical (unpaired) electrons. The largest absolute Gasteiger partial charge is 0.444 e. The molecule has 1 N–H and O–H groups in total. The van der Waals surface area contributed by atoms with E-state index in [0.717, 1.165) is 0 Å². The first-order chi connectivity index (χ1) is 12.0. The van der Waals surface area contributed by atoms with Crippen LogP contribution in [0.1, 0.15) is 31.1 Å². The summed E-state index contributed by atoms with van der Waals surface area (Å²) in [5.74, 6) is -1.41. The average molecular weight is 452 g/mol. The number of ether oxygens (including phenoxy) is 1. The van der Waals surface area contributed by atoms with Gasteiger partial charge in [-0.3, -0.25) is 4.79 Å². The molecule has 26 heavy (non-hydrogen) atoms. The quantitative estimate of drug-likeness (QED) is 0.701. The number of piperazine rings is 1. The molecule has 9 heteroatoms. The zero-order valence-electron chi connectivity index (χ0n) is 14.8. The molecule has 0 bridgehead atoms. The molecule has 2 rings (SSSR count). The van der Waals surface area contributed by atoms with Gasteiger partial charge in [-0.15, -0.1) is 0 Å². The van der Waals surface area contributed by atoms with Crippen LogP contribution in [0, 0.1) is 5.82 Å². The van der Waals surface area contributed by atoms with E-state index in [0.29, 0.717) is 4.47 Å². The van der Waals surface area contributed by atoms with Crippen molar-refractivity contribution in [2.75, 3.05) is 26.2 Å². The summed E-state index contributed by atoms with van der Waals surface area (Å²) in [4.78, 5) is 27.7. The summed E-state index contributed by atoms with van der Waals surface area (Å²) in [5, 5.41) is 9.48. The Balaban J connectivity index is 2.16. The van der Waals surface area contributed by atoms with Crippen LogP contribution in [0.25, 0.3) is 0 Å². The van der Waals surface area contributed by atoms with E-state index in [1.165, 1.54) is 21.9 Å². The SMILES string of the molecule is CC(C)(C)OC(=O)N1CCN(C(=O)c2ccc(Br)c(Cl)c2F)[C@H](CO)C1. The second kappa shape index (κ2) is 8.10. The highest BCUT2D eigenvalue weighted by atomic mass is 79.9. The van der Waals surface area contributed by atoms with Crippen LogP contribution >= 0.6 is 27.5 Å². The van der Waals surface area contributed by atoms with E-state index in [9.17, 15) is 19.1 Å². The van der Waals surface area contributed by atoms with Gasteiger partial charge in [-0.05, 0) is 48.8 Å².